The lowest BCUT2D eigenvalue weighted by atomic mass is 10.1. The fourth-order valence-electron chi connectivity index (χ4n) is 3.25. The molecule has 1 aliphatic rings. The summed E-state index contributed by atoms with van der Waals surface area (Å²) in [6, 6.07) is 8.88. The van der Waals surface area contributed by atoms with Crippen LogP contribution in [0.1, 0.15) is 34.3 Å². The van der Waals surface area contributed by atoms with Gasteiger partial charge in [-0.15, -0.1) is 0 Å². The third-order valence-corrected chi connectivity index (χ3v) is 4.55. The molecule has 1 aromatic carbocycles. The molecule has 7 nitrogen and oxygen atoms in total. The molecule has 0 spiro atoms. The van der Waals surface area contributed by atoms with E-state index in [1.54, 1.807) is 35.4 Å². The summed E-state index contributed by atoms with van der Waals surface area (Å²) < 4.78 is 0. The highest BCUT2D eigenvalue weighted by Crippen LogP contribution is 2.26. The van der Waals surface area contributed by atoms with Crippen molar-refractivity contribution >= 4 is 16.7 Å². The Morgan fingerprint density at radius 1 is 1.24 bits per heavy atom. The van der Waals surface area contributed by atoms with Gasteiger partial charge in [-0.3, -0.25) is 9.59 Å². The molecule has 1 amide bonds. The van der Waals surface area contributed by atoms with Crippen LogP contribution in [0.5, 0.6) is 0 Å². The molecule has 0 saturated carbocycles. The van der Waals surface area contributed by atoms with Gasteiger partial charge in [0.2, 0.25) is 0 Å². The monoisotopic (exact) mass is 335 g/mol. The lowest BCUT2D eigenvalue weighted by Gasteiger charge is -2.16. The van der Waals surface area contributed by atoms with Crippen LogP contribution in [-0.2, 0) is 0 Å². The van der Waals surface area contributed by atoms with Crippen LogP contribution in [0.25, 0.3) is 10.8 Å². The standard InChI is InChI=1S/C18H17N5O2/c1-11-6-8-19-16(20-11)12-7-9-23(10-12)18(25)15-13-4-2-3-5-14(13)17(24)22-21-15/h2-6,8,12H,7,9-10H2,1H3,(H,22,24)/t12-/m0/s1. The highest BCUT2D eigenvalue weighted by atomic mass is 16.2. The first-order valence-corrected chi connectivity index (χ1v) is 8.20. The van der Waals surface area contributed by atoms with E-state index in [1.807, 2.05) is 13.0 Å². The van der Waals surface area contributed by atoms with E-state index in [0.29, 0.717) is 23.9 Å². The van der Waals surface area contributed by atoms with Gasteiger partial charge in [-0.05, 0) is 25.5 Å². The zero-order chi connectivity index (χ0) is 17.4. The number of benzene rings is 1. The maximum atomic E-state index is 12.9. The average Bonchev–Trinajstić information content (AvgIpc) is 3.12. The SMILES string of the molecule is Cc1ccnc([C@H]2CCN(C(=O)c3n[nH]c(=O)c4ccccc34)C2)n1. The zero-order valence-corrected chi connectivity index (χ0v) is 13.8. The lowest BCUT2D eigenvalue weighted by Crippen LogP contribution is -2.30. The Hall–Kier alpha value is -3.09. The first-order chi connectivity index (χ1) is 12.1. The quantitative estimate of drug-likeness (QED) is 0.769. The Labute approximate surface area is 143 Å². The summed E-state index contributed by atoms with van der Waals surface area (Å²) in [6.07, 6.45) is 2.57. The third-order valence-electron chi connectivity index (χ3n) is 4.55. The number of rotatable bonds is 2. The fourth-order valence-corrected chi connectivity index (χ4v) is 3.25. The molecule has 1 saturated heterocycles. The van der Waals surface area contributed by atoms with E-state index >= 15 is 0 Å². The van der Waals surface area contributed by atoms with Crippen LogP contribution < -0.4 is 5.56 Å². The van der Waals surface area contributed by atoms with Crippen LogP contribution in [-0.4, -0.2) is 44.1 Å². The summed E-state index contributed by atoms with van der Waals surface area (Å²) in [4.78, 5) is 35.4. The average molecular weight is 335 g/mol. The van der Waals surface area contributed by atoms with Crippen LogP contribution >= 0.6 is 0 Å². The highest BCUT2D eigenvalue weighted by molar-refractivity contribution is 6.04. The van der Waals surface area contributed by atoms with Crippen molar-refractivity contribution in [2.45, 2.75) is 19.3 Å². The molecule has 3 aromatic rings. The summed E-state index contributed by atoms with van der Waals surface area (Å²) >= 11 is 0. The first kappa shape index (κ1) is 15.4. The van der Waals surface area contributed by atoms with Gasteiger partial charge in [-0.2, -0.15) is 5.10 Å². The van der Waals surface area contributed by atoms with E-state index in [2.05, 4.69) is 20.2 Å². The summed E-state index contributed by atoms with van der Waals surface area (Å²) in [7, 11) is 0. The zero-order valence-electron chi connectivity index (χ0n) is 13.8. The number of hydrogen-bond acceptors (Lipinski definition) is 5. The van der Waals surface area contributed by atoms with Crippen molar-refractivity contribution in [3.8, 4) is 0 Å². The number of hydrogen-bond donors (Lipinski definition) is 1. The maximum absolute atomic E-state index is 12.9. The van der Waals surface area contributed by atoms with Gasteiger partial charge in [0.15, 0.2) is 5.69 Å². The van der Waals surface area contributed by atoms with Crippen LogP contribution in [0.15, 0.2) is 41.3 Å². The number of carbonyl (C=O) groups excluding carboxylic acids is 1. The molecule has 126 valence electrons. The van der Waals surface area contributed by atoms with Crippen molar-refractivity contribution in [1.29, 1.82) is 0 Å². The van der Waals surface area contributed by atoms with E-state index in [4.69, 9.17) is 0 Å². The number of aryl methyl sites for hydroxylation is 1. The molecule has 25 heavy (non-hydrogen) atoms. The van der Waals surface area contributed by atoms with E-state index in [0.717, 1.165) is 17.9 Å². The Bertz CT molecular complexity index is 1010. The van der Waals surface area contributed by atoms with E-state index < -0.39 is 0 Å². The van der Waals surface area contributed by atoms with Gasteiger partial charge in [-0.1, -0.05) is 18.2 Å². The number of nitrogens with zero attached hydrogens (tertiary/aromatic N) is 4. The van der Waals surface area contributed by atoms with Crippen molar-refractivity contribution in [3.63, 3.8) is 0 Å². The molecule has 7 heteroatoms. The van der Waals surface area contributed by atoms with Crippen molar-refractivity contribution in [2.75, 3.05) is 13.1 Å². The molecule has 0 bridgehead atoms. The molecule has 0 radical (unpaired) electrons. The van der Waals surface area contributed by atoms with Gasteiger partial charge in [0, 0.05) is 36.3 Å². The fraction of sp³-hybridized carbons (Fsp3) is 0.278. The number of carbonyl (C=O) groups is 1. The first-order valence-electron chi connectivity index (χ1n) is 8.20. The van der Waals surface area contributed by atoms with Crippen molar-refractivity contribution in [1.82, 2.24) is 25.1 Å². The minimum atomic E-state index is -0.292. The van der Waals surface area contributed by atoms with E-state index in [9.17, 15) is 9.59 Å². The smallest absolute Gasteiger partial charge is 0.274 e. The second kappa shape index (κ2) is 6.08. The molecular weight excluding hydrogens is 318 g/mol. The molecule has 0 unspecified atom stereocenters. The Kier molecular flexibility index (Phi) is 3.76. The second-order valence-corrected chi connectivity index (χ2v) is 6.24. The van der Waals surface area contributed by atoms with Gasteiger partial charge in [0.25, 0.3) is 11.5 Å². The topological polar surface area (TPSA) is 91.8 Å². The Morgan fingerprint density at radius 2 is 2.04 bits per heavy atom. The third kappa shape index (κ3) is 2.77. The highest BCUT2D eigenvalue weighted by Gasteiger charge is 2.31. The maximum Gasteiger partial charge on any atom is 0.274 e. The predicted octanol–water partition coefficient (Wildman–Crippen LogP) is 1.65. The van der Waals surface area contributed by atoms with Crippen molar-refractivity contribution < 1.29 is 4.79 Å². The van der Waals surface area contributed by atoms with E-state index in [-0.39, 0.29) is 23.1 Å². The number of aromatic nitrogens is 4. The number of amides is 1. The summed E-state index contributed by atoms with van der Waals surface area (Å²) in [5, 5.41) is 7.47. The summed E-state index contributed by atoms with van der Waals surface area (Å²) in [5.41, 5.74) is 0.906. The Balaban J connectivity index is 1.63. The largest absolute Gasteiger partial charge is 0.336 e. The molecule has 4 rings (SSSR count). The number of H-pyrrole nitrogens is 1. The minimum Gasteiger partial charge on any atom is -0.336 e. The summed E-state index contributed by atoms with van der Waals surface area (Å²) in [6.45, 7) is 3.10. The molecule has 1 atom stereocenters. The number of nitrogens with one attached hydrogen (secondary N) is 1. The van der Waals surface area contributed by atoms with Gasteiger partial charge < -0.3 is 4.90 Å². The predicted molar refractivity (Wildman–Crippen MR) is 92.4 cm³/mol. The molecule has 2 aromatic heterocycles. The second-order valence-electron chi connectivity index (χ2n) is 6.24. The van der Waals surface area contributed by atoms with Gasteiger partial charge in [-0.25, -0.2) is 15.1 Å². The molecule has 1 fully saturated rings. The molecule has 1 N–H and O–H groups in total. The minimum absolute atomic E-state index is 0.123. The molecule has 1 aliphatic heterocycles. The van der Waals surface area contributed by atoms with Gasteiger partial charge in [0.1, 0.15) is 5.82 Å². The normalized spacial score (nSPS) is 17.2. The van der Waals surface area contributed by atoms with Crippen molar-refractivity contribution in [2.24, 2.45) is 0 Å². The molecule has 3 heterocycles. The number of aromatic amines is 1. The summed E-state index contributed by atoms with van der Waals surface area (Å²) in [5.74, 6) is 0.718. The van der Waals surface area contributed by atoms with Gasteiger partial charge in [0.05, 0.1) is 5.39 Å². The van der Waals surface area contributed by atoms with Crippen LogP contribution in [0.4, 0.5) is 0 Å². The number of fused-ring (bicyclic) bond motifs is 1. The molecular formula is C18H17N5O2. The van der Waals surface area contributed by atoms with E-state index in [1.165, 1.54) is 0 Å². The van der Waals surface area contributed by atoms with Gasteiger partial charge >= 0.3 is 0 Å². The molecule has 0 aliphatic carbocycles. The number of likely N-dealkylation sites (tertiary alicyclic amines) is 1. The van der Waals surface area contributed by atoms with Crippen LogP contribution in [0.2, 0.25) is 0 Å². The Morgan fingerprint density at radius 3 is 2.84 bits per heavy atom. The lowest BCUT2D eigenvalue weighted by molar-refractivity contribution is 0.0785. The van der Waals surface area contributed by atoms with Crippen molar-refractivity contribution in [3.05, 3.63) is 64.1 Å². The van der Waals surface area contributed by atoms with Crippen LogP contribution in [0, 0.1) is 6.92 Å². The van der Waals surface area contributed by atoms with Crippen LogP contribution in [0.3, 0.4) is 0 Å².